The monoisotopic (exact) mass is 239 g/mol. The summed E-state index contributed by atoms with van der Waals surface area (Å²) in [4.78, 5) is 13.5. The van der Waals surface area contributed by atoms with E-state index in [-0.39, 0.29) is 5.91 Å². The molecule has 0 aromatic heterocycles. The molecule has 18 heavy (non-hydrogen) atoms. The summed E-state index contributed by atoms with van der Waals surface area (Å²) in [6.45, 7) is 2.93. The Balaban J connectivity index is 2.08. The van der Waals surface area contributed by atoms with E-state index < -0.39 is 0 Å². The predicted molar refractivity (Wildman–Crippen MR) is 72.8 cm³/mol. The van der Waals surface area contributed by atoms with Crippen molar-refractivity contribution >= 4 is 5.91 Å². The number of benzene rings is 2. The van der Waals surface area contributed by atoms with Gasteiger partial charge in [0.1, 0.15) is 0 Å². The Bertz CT molecular complexity index is 452. The Kier molecular flexibility index (Phi) is 4.13. The van der Waals surface area contributed by atoms with Gasteiger partial charge in [-0.05, 0) is 11.1 Å². The molecule has 0 fully saturated rings. The first-order chi connectivity index (χ1) is 8.75. The first-order valence-corrected chi connectivity index (χ1v) is 6.09. The molecule has 2 heteroatoms. The standard InChI is InChI=1S/C16H17NO/c1-14(18)17(12-15-8-4-2-5-9-15)13-16-10-6-3-7-11-16/h2-11H,12-13H2,1H3. The molecule has 0 saturated carbocycles. The lowest BCUT2D eigenvalue weighted by molar-refractivity contribution is -0.130. The van der Waals surface area contributed by atoms with E-state index >= 15 is 0 Å². The van der Waals surface area contributed by atoms with E-state index in [1.54, 1.807) is 6.92 Å². The Hall–Kier alpha value is -2.09. The smallest absolute Gasteiger partial charge is 0.220 e. The molecule has 0 bridgehead atoms. The fraction of sp³-hybridized carbons (Fsp3) is 0.188. The lowest BCUT2D eigenvalue weighted by Gasteiger charge is -2.21. The Labute approximate surface area is 108 Å². The Morgan fingerprint density at radius 3 is 1.56 bits per heavy atom. The molecule has 0 N–H and O–H groups in total. The van der Waals surface area contributed by atoms with Crippen molar-refractivity contribution in [2.45, 2.75) is 20.0 Å². The van der Waals surface area contributed by atoms with Gasteiger partial charge >= 0.3 is 0 Å². The second-order valence-electron chi connectivity index (χ2n) is 4.35. The van der Waals surface area contributed by atoms with Crippen LogP contribution in [-0.4, -0.2) is 10.8 Å². The summed E-state index contributed by atoms with van der Waals surface area (Å²) in [5, 5.41) is 0. The number of hydrogen-bond donors (Lipinski definition) is 0. The van der Waals surface area contributed by atoms with Crippen molar-refractivity contribution in [1.29, 1.82) is 0 Å². The van der Waals surface area contributed by atoms with Crippen LogP contribution in [0.15, 0.2) is 60.7 Å². The highest BCUT2D eigenvalue weighted by atomic mass is 16.2. The molecule has 0 aliphatic rings. The van der Waals surface area contributed by atoms with Gasteiger partial charge in [0.15, 0.2) is 0 Å². The first-order valence-electron chi connectivity index (χ1n) is 6.09. The highest BCUT2D eigenvalue weighted by Crippen LogP contribution is 2.10. The SMILES string of the molecule is CC(=O)N(Cc1ccccc1)Cc1ccccc1. The summed E-state index contributed by atoms with van der Waals surface area (Å²) in [6.07, 6.45) is 0. The van der Waals surface area contributed by atoms with E-state index in [1.807, 2.05) is 65.6 Å². The molecule has 0 saturated heterocycles. The zero-order valence-corrected chi connectivity index (χ0v) is 10.5. The second kappa shape index (κ2) is 6.01. The van der Waals surface area contributed by atoms with Crippen molar-refractivity contribution in [3.05, 3.63) is 71.8 Å². The van der Waals surface area contributed by atoms with Crippen LogP contribution in [0.4, 0.5) is 0 Å². The molecule has 0 unspecified atom stereocenters. The normalized spacial score (nSPS) is 10.1. The summed E-state index contributed by atoms with van der Waals surface area (Å²) < 4.78 is 0. The number of carbonyl (C=O) groups is 1. The summed E-state index contributed by atoms with van der Waals surface area (Å²) in [5.74, 6) is 0.0997. The summed E-state index contributed by atoms with van der Waals surface area (Å²) in [7, 11) is 0. The van der Waals surface area contributed by atoms with Crippen LogP contribution < -0.4 is 0 Å². The van der Waals surface area contributed by atoms with Gasteiger partial charge in [-0.1, -0.05) is 60.7 Å². The first kappa shape index (κ1) is 12.4. The summed E-state index contributed by atoms with van der Waals surface area (Å²) in [5.41, 5.74) is 2.31. The zero-order chi connectivity index (χ0) is 12.8. The van der Waals surface area contributed by atoms with Gasteiger partial charge in [0.05, 0.1) is 0 Å². The third-order valence-corrected chi connectivity index (χ3v) is 2.88. The highest BCUT2D eigenvalue weighted by Gasteiger charge is 2.09. The van der Waals surface area contributed by atoms with Crippen molar-refractivity contribution < 1.29 is 4.79 Å². The minimum absolute atomic E-state index is 0.0997. The van der Waals surface area contributed by atoms with Crippen LogP contribution in [0.25, 0.3) is 0 Å². The molecule has 0 spiro atoms. The molecule has 2 nitrogen and oxygen atoms in total. The van der Waals surface area contributed by atoms with Crippen LogP contribution in [0, 0.1) is 0 Å². The van der Waals surface area contributed by atoms with E-state index in [4.69, 9.17) is 0 Å². The number of nitrogens with zero attached hydrogens (tertiary/aromatic N) is 1. The van der Waals surface area contributed by atoms with E-state index in [2.05, 4.69) is 0 Å². The van der Waals surface area contributed by atoms with Gasteiger partial charge in [0.25, 0.3) is 0 Å². The fourth-order valence-corrected chi connectivity index (χ4v) is 1.89. The van der Waals surface area contributed by atoms with Gasteiger partial charge in [-0.2, -0.15) is 0 Å². The lowest BCUT2D eigenvalue weighted by atomic mass is 10.1. The van der Waals surface area contributed by atoms with Crippen molar-refractivity contribution in [3.8, 4) is 0 Å². The van der Waals surface area contributed by atoms with Gasteiger partial charge in [0.2, 0.25) is 5.91 Å². The van der Waals surface area contributed by atoms with E-state index in [9.17, 15) is 4.79 Å². The topological polar surface area (TPSA) is 20.3 Å². The van der Waals surface area contributed by atoms with Gasteiger partial charge < -0.3 is 4.90 Å². The molecule has 1 amide bonds. The van der Waals surface area contributed by atoms with Gasteiger partial charge in [0, 0.05) is 20.0 Å². The quantitative estimate of drug-likeness (QED) is 0.802. The molecule has 2 aromatic rings. The van der Waals surface area contributed by atoms with Crippen LogP contribution in [0.1, 0.15) is 18.1 Å². The van der Waals surface area contributed by atoms with E-state index in [1.165, 1.54) is 0 Å². The number of rotatable bonds is 4. The highest BCUT2D eigenvalue weighted by molar-refractivity contribution is 5.73. The largest absolute Gasteiger partial charge is 0.334 e. The second-order valence-corrected chi connectivity index (χ2v) is 4.35. The van der Waals surface area contributed by atoms with Gasteiger partial charge in [-0.3, -0.25) is 4.79 Å². The van der Waals surface area contributed by atoms with Crippen LogP contribution in [0.5, 0.6) is 0 Å². The average molecular weight is 239 g/mol. The Morgan fingerprint density at radius 2 is 1.22 bits per heavy atom. The van der Waals surface area contributed by atoms with Crippen molar-refractivity contribution in [2.75, 3.05) is 0 Å². The number of hydrogen-bond acceptors (Lipinski definition) is 1. The van der Waals surface area contributed by atoms with Gasteiger partial charge in [-0.15, -0.1) is 0 Å². The van der Waals surface area contributed by atoms with Crippen molar-refractivity contribution in [2.24, 2.45) is 0 Å². The van der Waals surface area contributed by atoms with Gasteiger partial charge in [-0.25, -0.2) is 0 Å². The molecule has 0 aliphatic heterocycles. The number of carbonyl (C=O) groups excluding carboxylic acids is 1. The molecular weight excluding hydrogens is 222 g/mol. The predicted octanol–water partition coefficient (Wildman–Crippen LogP) is 3.24. The fourth-order valence-electron chi connectivity index (χ4n) is 1.89. The maximum Gasteiger partial charge on any atom is 0.220 e. The molecule has 2 aromatic carbocycles. The molecule has 2 rings (SSSR count). The van der Waals surface area contributed by atoms with E-state index in [0.29, 0.717) is 13.1 Å². The van der Waals surface area contributed by atoms with Crippen molar-refractivity contribution in [1.82, 2.24) is 4.90 Å². The molecule has 0 heterocycles. The molecule has 0 radical (unpaired) electrons. The van der Waals surface area contributed by atoms with Crippen LogP contribution in [-0.2, 0) is 17.9 Å². The third-order valence-electron chi connectivity index (χ3n) is 2.88. The molecule has 0 aliphatic carbocycles. The molecule has 92 valence electrons. The molecule has 0 atom stereocenters. The maximum absolute atomic E-state index is 11.7. The van der Waals surface area contributed by atoms with Crippen molar-refractivity contribution in [3.63, 3.8) is 0 Å². The minimum atomic E-state index is 0.0997. The van der Waals surface area contributed by atoms with Crippen LogP contribution >= 0.6 is 0 Å². The third kappa shape index (κ3) is 3.45. The maximum atomic E-state index is 11.7. The average Bonchev–Trinajstić information content (AvgIpc) is 2.40. The van der Waals surface area contributed by atoms with Crippen LogP contribution in [0.2, 0.25) is 0 Å². The number of amides is 1. The van der Waals surface area contributed by atoms with E-state index in [0.717, 1.165) is 11.1 Å². The summed E-state index contributed by atoms with van der Waals surface area (Å²) in [6, 6.07) is 20.1. The zero-order valence-electron chi connectivity index (χ0n) is 10.5. The van der Waals surface area contributed by atoms with Crippen LogP contribution in [0.3, 0.4) is 0 Å². The lowest BCUT2D eigenvalue weighted by Crippen LogP contribution is -2.27. The minimum Gasteiger partial charge on any atom is -0.334 e. The Morgan fingerprint density at radius 1 is 0.833 bits per heavy atom. The molecular formula is C16H17NO. The summed E-state index contributed by atoms with van der Waals surface area (Å²) >= 11 is 0.